The number of phenolic OH excluding ortho intramolecular Hbond substituents is 2. The number of aromatic hydroxyl groups is 2. The summed E-state index contributed by atoms with van der Waals surface area (Å²) in [4.78, 5) is 16.8. The van der Waals surface area contributed by atoms with Crippen LogP contribution in [0.15, 0.2) is 121 Å². The molecule has 0 heterocycles. The summed E-state index contributed by atoms with van der Waals surface area (Å²) in [5.74, 6) is -4.13. The van der Waals surface area contributed by atoms with Gasteiger partial charge < -0.3 is 21.1 Å². The second-order valence-electron chi connectivity index (χ2n) is 13.7. The number of anilines is 1. The average Bonchev–Trinajstić information content (AvgIpc) is 3.27. The number of nitrogens with two attached hydrogens (primary N) is 1. The van der Waals surface area contributed by atoms with Crippen LogP contribution in [0.1, 0.15) is 15.9 Å². The molecule has 0 fully saturated rings. The van der Waals surface area contributed by atoms with Gasteiger partial charge in [-0.05, 0) is 61.0 Å². The van der Waals surface area contributed by atoms with E-state index >= 15 is 0 Å². The number of benzene rings is 6. The summed E-state index contributed by atoms with van der Waals surface area (Å²) >= 11 is 0.121. The zero-order valence-corrected chi connectivity index (χ0v) is 39.5. The van der Waals surface area contributed by atoms with Gasteiger partial charge in [0.15, 0.2) is 11.5 Å². The minimum Gasteiger partial charge on any atom is -0.505 e. The van der Waals surface area contributed by atoms with Crippen molar-refractivity contribution in [3.8, 4) is 11.5 Å². The van der Waals surface area contributed by atoms with Crippen LogP contribution < -0.4 is 5.73 Å². The lowest BCUT2D eigenvalue weighted by Gasteiger charge is -2.15. The Morgan fingerprint density at radius 2 is 1.18 bits per heavy atom. The molecule has 0 amide bonds. The number of nitrogens with zero attached hydrogens (tertiary/aromatic N) is 7. The molecule has 0 atom stereocenters. The summed E-state index contributed by atoms with van der Waals surface area (Å²) in [5.41, 5.74) is -0.616. The van der Waals surface area contributed by atoms with E-state index in [4.69, 9.17) is 16.2 Å². The standard InChI is InChI=1S/C34H24N8O24S6/c1-12-6-14(69(51,52)53)8-22(67-65-63-49)28(12)39-41-30-25(71(57,58)59)10-16-15(31(30)43)3-5-20(33(16)72(60,61)62)37-38-21-11-24(70(54,55)56)18-9-23(68-66-64-50)29(32(44)26(18)27(21)35)40-36-19-4-2-13(42(47)48)7-17(19)34(45)46/h2-11,43-44,49-50H,35H2,1H3,(H,45,46)(H,51,52,53)(H,54,55,56)(H,57,58,59)(H,60,61,62). The Bertz CT molecular complexity index is 3860. The fourth-order valence-corrected chi connectivity index (χ4v) is 10.2. The van der Waals surface area contributed by atoms with Gasteiger partial charge in [0.1, 0.15) is 48.8 Å². The van der Waals surface area contributed by atoms with Crippen molar-refractivity contribution in [3.05, 3.63) is 81.9 Å². The maximum Gasteiger partial charge on any atom is 0.338 e. The normalized spacial score (nSPS) is 12.8. The van der Waals surface area contributed by atoms with Crippen molar-refractivity contribution in [3.63, 3.8) is 0 Å². The van der Waals surface area contributed by atoms with Crippen LogP contribution in [-0.4, -0.2) is 88.6 Å². The molecule has 6 rings (SSSR count). The van der Waals surface area contributed by atoms with E-state index in [1.54, 1.807) is 0 Å². The highest BCUT2D eigenvalue weighted by atomic mass is 32.2. The quantitative estimate of drug-likeness (QED) is 0.00741. The first kappa shape index (κ1) is 54.3. The Kier molecular flexibility index (Phi) is 15.6. The second-order valence-corrected chi connectivity index (χ2v) is 20.7. The number of phenols is 2. The van der Waals surface area contributed by atoms with E-state index in [0.29, 0.717) is 18.2 Å². The number of nitrogen functional groups attached to an aromatic ring is 1. The number of carboxylic acid groups (broad SMARTS) is 1. The van der Waals surface area contributed by atoms with E-state index in [1.165, 1.54) is 6.92 Å². The zero-order chi connectivity index (χ0) is 53.4. The van der Waals surface area contributed by atoms with Crippen molar-refractivity contribution in [2.24, 2.45) is 30.7 Å². The number of aryl methyl sites for hydroxylation is 1. The second kappa shape index (κ2) is 20.6. The molecule has 0 aromatic heterocycles. The van der Waals surface area contributed by atoms with Crippen LogP contribution in [0.4, 0.5) is 45.5 Å². The van der Waals surface area contributed by atoms with Gasteiger partial charge in [-0.15, -0.1) is 39.4 Å². The summed E-state index contributed by atoms with van der Waals surface area (Å²) in [6.45, 7) is 1.21. The number of nitro benzene ring substituents is 1. The number of rotatable bonds is 18. The molecule has 6 aromatic carbocycles. The van der Waals surface area contributed by atoms with E-state index in [1.807, 2.05) is 0 Å². The molecule has 0 spiro atoms. The van der Waals surface area contributed by atoms with Crippen LogP contribution in [-0.2, 0) is 59.2 Å². The first-order chi connectivity index (χ1) is 33.5. The fourth-order valence-electron chi connectivity index (χ4n) is 6.36. The molecule has 0 radical (unpaired) electrons. The number of nitro groups is 1. The van der Waals surface area contributed by atoms with E-state index < -0.39 is 154 Å². The van der Waals surface area contributed by atoms with Crippen molar-refractivity contribution in [1.29, 1.82) is 0 Å². The summed E-state index contributed by atoms with van der Waals surface area (Å²) in [7, 11) is -21.5. The van der Waals surface area contributed by atoms with Gasteiger partial charge >= 0.3 is 5.97 Å². The fraction of sp³-hybridized carbons (Fsp3) is 0.0294. The molecule has 0 bridgehead atoms. The summed E-state index contributed by atoms with van der Waals surface area (Å²) in [6.07, 6.45) is 0. The molecule has 11 N–H and O–H groups in total. The van der Waals surface area contributed by atoms with E-state index in [0.717, 1.165) is 42.5 Å². The van der Waals surface area contributed by atoms with Gasteiger partial charge in [0.05, 0.1) is 60.3 Å². The number of carbonyl (C=O) groups is 1. The van der Waals surface area contributed by atoms with Crippen molar-refractivity contribution >= 4 is 138 Å². The van der Waals surface area contributed by atoms with Crippen LogP contribution in [0.5, 0.6) is 11.5 Å². The molecule has 0 aliphatic heterocycles. The first-order valence-electron chi connectivity index (χ1n) is 18.0. The van der Waals surface area contributed by atoms with Crippen molar-refractivity contribution in [2.45, 2.75) is 36.3 Å². The smallest absolute Gasteiger partial charge is 0.338 e. The predicted octanol–water partition coefficient (Wildman–Crippen LogP) is 7.99. The van der Waals surface area contributed by atoms with Gasteiger partial charge in [0, 0.05) is 28.3 Å². The number of aromatic carboxylic acids is 1. The molecule has 0 saturated heterocycles. The number of azo groups is 3. The molecule has 0 aliphatic carbocycles. The van der Waals surface area contributed by atoms with E-state index in [9.17, 15) is 82.1 Å². The molecule has 0 aliphatic rings. The monoisotopic (exact) mass is 1120 g/mol. The van der Waals surface area contributed by atoms with E-state index in [2.05, 4.69) is 49.4 Å². The third-order valence-corrected chi connectivity index (χ3v) is 14.1. The van der Waals surface area contributed by atoms with Crippen LogP contribution in [0.2, 0.25) is 0 Å². The summed E-state index contributed by atoms with van der Waals surface area (Å²) in [5, 5.41) is 87.7. The molecule has 38 heteroatoms. The number of hydrogen-bond acceptors (Lipinski definition) is 28. The van der Waals surface area contributed by atoms with Crippen LogP contribution in [0.25, 0.3) is 21.5 Å². The van der Waals surface area contributed by atoms with Gasteiger partial charge in [-0.3, -0.25) is 28.3 Å². The SMILES string of the molecule is Cc1cc(S(=O)(=O)O)cc(SOOO)c1N=Nc1c(S(=O)(=O)O)cc2c(S(=O)(=O)O)c(N=Nc3cc(S(=O)(=O)O)c4cc(SOOO)c(N=Nc5ccc([N+](=O)[O-])cc5C(=O)O)c(O)c4c3N)ccc2c1O. The van der Waals surface area contributed by atoms with Crippen molar-refractivity contribution < 1.29 is 106 Å². The Balaban J connectivity index is 1.57. The van der Waals surface area contributed by atoms with Gasteiger partial charge in [-0.25, -0.2) is 15.3 Å². The molecule has 6 aromatic rings. The Morgan fingerprint density at radius 1 is 0.625 bits per heavy atom. The van der Waals surface area contributed by atoms with Crippen LogP contribution in [0.3, 0.4) is 0 Å². The number of hydrogen-bond donors (Lipinski definition) is 10. The number of carboxylic acids is 1. The van der Waals surface area contributed by atoms with Gasteiger partial charge in [0.2, 0.25) is 0 Å². The van der Waals surface area contributed by atoms with Crippen molar-refractivity contribution in [1.82, 2.24) is 0 Å². The topological polar surface area (TPSA) is 516 Å². The minimum atomic E-state index is -5.65. The lowest BCUT2D eigenvalue weighted by atomic mass is 10.0. The number of fused-ring (bicyclic) bond motifs is 2. The molecule has 72 heavy (non-hydrogen) atoms. The highest BCUT2D eigenvalue weighted by Crippen LogP contribution is 2.51. The molecule has 0 unspecified atom stereocenters. The molecular formula is C34H24N8O24S6. The van der Waals surface area contributed by atoms with E-state index in [-0.39, 0.29) is 40.2 Å². The maximum absolute atomic E-state index is 13.0. The van der Waals surface area contributed by atoms with Gasteiger partial charge in [-0.1, -0.05) is 10.1 Å². The summed E-state index contributed by atoms with van der Waals surface area (Å²) in [6, 6.07) is 7.23. The van der Waals surface area contributed by atoms with Crippen LogP contribution in [0, 0.1) is 17.0 Å². The average molecular weight is 1120 g/mol. The third kappa shape index (κ3) is 11.4. The Hall–Kier alpha value is -6.99. The lowest BCUT2D eigenvalue weighted by molar-refractivity contribution is -0.432. The van der Waals surface area contributed by atoms with Crippen molar-refractivity contribution in [2.75, 3.05) is 5.73 Å². The lowest BCUT2D eigenvalue weighted by Crippen LogP contribution is -2.03. The Labute approximate surface area is 408 Å². The predicted molar refractivity (Wildman–Crippen MR) is 240 cm³/mol. The molecule has 0 saturated carbocycles. The van der Waals surface area contributed by atoms with Gasteiger partial charge in [-0.2, -0.15) is 33.7 Å². The molecular weight excluding hydrogens is 1100 g/mol. The van der Waals surface area contributed by atoms with Crippen LogP contribution >= 0.6 is 24.1 Å². The highest BCUT2D eigenvalue weighted by Gasteiger charge is 2.30. The van der Waals surface area contributed by atoms with Gasteiger partial charge in [0.25, 0.3) is 46.2 Å². The number of non-ortho nitro benzene ring substituents is 1. The molecule has 380 valence electrons. The Morgan fingerprint density at radius 3 is 1.74 bits per heavy atom. The third-order valence-electron chi connectivity index (χ3n) is 9.34. The minimum absolute atomic E-state index is 0.0235. The first-order valence-corrected chi connectivity index (χ1v) is 25.3. The maximum atomic E-state index is 13.0. The summed E-state index contributed by atoms with van der Waals surface area (Å²) < 4.78 is 150. The molecule has 32 nitrogen and oxygen atoms in total. The zero-order valence-electron chi connectivity index (χ0n) is 34.6. The highest BCUT2D eigenvalue weighted by molar-refractivity contribution is 7.95. The largest absolute Gasteiger partial charge is 0.505 e.